The lowest BCUT2D eigenvalue weighted by atomic mass is 10.3. The van der Waals surface area contributed by atoms with Crippen LogP contribution in [0.15, 0.2) is 39.7 Å². The smallest absolute Gasteiger partial charge is 0.265 e. The molecule has 0 spiro atoms. The Kier molecular flexibility index (Phi) is 4.95. The zero-order valence-electron chi connectivity index (χ0n) is 10.1. The molecule has 0 fully saturated rings. The topological polar surface area (TPSA) is 66.4 Å². The minimum atomic E-state index is -4.08. The lowest BCUT2D eigenvalue weighted by Gasteiger charge is -2.12. The molecule has 0 unspecified atom stereocenters. The van der Waals surface area contributed by atoms with Crippen molar-refractivity contribution in [2.45, 2.75) is 4.90 Å². The third-order valence-corrected chi connectivity index (χ3v) is 5.41. The molecule has 2 rings (SSSR count). The van der Waals surface area contributed by atoms with Gasteiger partial charge in [0.1, 0.15) is 10.6 Å². The molecule has 0 bridgehead atoms. The summed E-state index contributed by atoms with van der Waals surface area (Å²) in [5.41, 5.74) is -0.0717. The van der Waals surface area contributed by atoms with Gasteiger partial charge in [-0.05, 0) is 30.3 Å². The summed E-state index contributed by atoms with van der Waals surface area (Å²) in [6, 6.07) is 6.77. The molecule has 0 aliphatic carbocycles. The third kappa shape index (κ3) is 3.76. The van der Waals surface area contributed by atoms with Gasteiger partial charge in [-0.15, -0.1) is 0 Å². The monoisotopic (exact) mass is 429 g/mol. The molecule has 0 amide bonds. The number of hydrogen-bond donors (Lipinski definition) is 2. The van der Waals surface area contributed by atoms with Gasteiger partial charge in [0.2, 0.25) is 0 Å². The van der Waals surface area contributed by atoms with Crippen LogP contribution in [0.2, 0.25) is 15.1 Å². The summed E-state index contributed by atoms with van der Waals surface area (Å²) in [6.07, 6.45) is 0. The van der Waals surface area contributed by atoms with Gasteiger partial charge >= 0.3 is 0 Å². The fourth-order valence-corrected chi connectivity index (χ4v) is 4.75. The summed E-state index contributed by atoms with van der Waals surface area (Å²) in [5.74, 6) is -0.271. The Morgan fingerprint density at radius 3 is 2.19 bits per heavy atom. The van der Waals surface area contributed by atoms with Crippen molar-refractivity contribution in [3.63, 3.8) is 0 Å². The molecular weight excluding hydrogens is 424 g/mol. The minimum Gasteiger partial charge on any atom is -0.506 e. The van der Waals surface area contributed by atoms with Gasteiger partial charge in [0, 0.05) is 9.50 Å². The van der Waals surface area contributed by atoms with Gasteiger partial charge in [0.25, 0.3) is 10.0 Å². The maximum Gasteiger partial charge on any atom is 0.265 e. The van der Waals surface area contributed by atoms with Crippen LogP contribution in [0.3, 0.4) is 0 Å². The van der Waals surface area contributed by atoms with E-state index in [1.54, 1.807) is 0 Å². The molecule has 2 aromatic rings. The molecule has 0 aliphatic rings. The molecule has 0 atom stereocenters. The Bertz CT molecular complexity index is 788. The quantitative estimate of drug-likeness (QED) is 0.678. The van der Waals surface area contributed by atoms with Crippen LogP contribution in [0.1, 0.15) is 0 Å². The number of benzene rings is 2. The number of phenols is 1. The maximum absolute atomic E-state index is 12.4. The van der Waals surface area contributed by atoms with Crippen LogP contribution in [0, 0.1) is 0 Å². The summed E-state index contributed by atoms with van der Waals surface area (Å²) in [7, 11) is -4.08. The highest BCUT2D eigenvalue weighted by Gasteiger charge is 2.23. The molecule has 0 heterocycles. The second-order valence-corrected chi connectivity index (χ2v) is 7.75. The van der Waals surface area contributed by atoms with Crippen molar-refractivity contribution in [3.8, 4) is 5.75 Å². The lowest BCUT2D eigenvalue weighted by Crippen LogP contribution is -2.14. The Morgan fingerprint density at radius 2 is 1.62 bits per heavy atom. The van der Waals surface area contributed by atoms with E-state index >= 15 is 0 Å². The average Bonchev–Trinajstić information content (AvgIpc) is 2.31. The van der Waals surface area contributed by atoms with Gasteiger partial charge in [0.05, 0.1) is 15.7 Å². The molecule has 0 saturated carbocycles. The lowest BCUT2D eigenvalue weighted by molar-refractivity contribution is 0.477. The first-order chi connectivity index (χ1) is 9.70. The third-order valence-electron chi connectivity index (χ3n) is 2.43. The van der Waals surface area contributed by atoms with E-state index in [9.17, 15) is 13.5 Å². The predicted molar refractivity (Wildman–Crippen MR) is 88.1 cm³/mol. The van der Waals surface area contributed by atoms with Crippen molar-refractivity contribution in [2.24, 2.45) is 0 Å². The second kappa shape index (κ2) is 6.22. The molecular formula is C12H7BrCl3NO3S. The largest absolute Gasteiger partial charge is 0.506 e. The molecule has 2 aromatic carbocycles. The minimum absolute atomic E-state index is 0.0524. The summed E-state index contributed by atoms with van der Waals surface area (Å²) >= 11 is 20.8. The van der Waals surface area contributed by atoms with Gasteiger partial charge in [-0.25, -0.2) is 8.42 Å². The van der Waals surface area contributed by atoms with E-state index in [2.05, 4.69) is 20.7 Å². The van der Waals surface area contributed by atoms with Gasteiger partial charge < -0.3 is 5.11 Å². The van der Waals surface area contributed by atoms with Crippen molar-refractivity contribution < 1.29 is 13.5 Å². The number of sulfonamides is 1. The van der Waals surface area contributed by atoms with Crippen LogP contribution < -0.4 is 4.72 Å². The fraction of sp³-hybridized carbons (Fsp3) is 0. The zero-order chi connectivity index (χ0) is 15.8. The van der Waals surface area contributed by atoms with Crippen molar-refractivity contribution in [1.82, 2.24) is 0 Å². The van der Waals surface area contributed by atoms with Gasteiger partial charge in [0.15, 0.2) is 0 Å². The average molecular weight is 432 g/mol. The second-order valence-electron chi connectivity index (χ2n) is 3.97. The zero-order valence-corrected chi connectivity index (χ0v) is 14.7. The molecule has 21 heavy (non-hydrogen) atoms. The van der Waals surface area contributed by atoms with Crippen LogP contribution in [-0.2, 0) is 10.0 Å². The first kappa shape index (κ1) is 16.7. The summed E-state index contributed by atoms with van der Waals surface area (Å²) in [5, 5.41) is 9.83. The number of hydrogen-bond acceptors (Lipinski definition) is 3. The highest BCUT2D eigenvalue weighted by molar-refractivity contribution is 9.10. The van der Waals surface area contributed by atoms with Gasteiger partial charge in [-0.3, -0.25) is 4.72 Å². The Morgan fingerprint density at radius 1 is 1.05 bits per heavy atom. The number of anilines is 1. The van der Waals surface area contributed by atoms with Crippen molar-refractivity contribution >= 4 is 66.4 Å². The highest BCUT2D eigenvalue weighted by Crippen LogP contribution is 2.35. The van der Waals surface area contributed by atoms with E-state index in [0.29, 0.717) is 4.47 Å². The summed E-state index contributed by atoms with van der Waals surface area (Å²) < 4.78 is 27.5. The summed E-state index contributed by atoms with van der Waals surface area (Å²) in [6.45, 7) is 0. The van der Waals surface area contributed by atoms with Crippen LogP contribution in [-0.4, -0.2) is 13.5 Å². The number of aromatic hydroxyl groups is 1. The van der Waals surface area contributed by atoms with Crippen molar-refractivity contribution in [2.75, 3.05) is 4.72 Å². The Labute approximate surface area is 144 Å². The van der Waals surface area contributed by atoms with Crippen LogP contribution >= 0.6 is 50.7 Å². The van der Waals surface area contributed by atoms with Crippen LogP contribution in [0.5, 0.6) is 5.75 Å². The first-order valence-corrected chi connectivity index (χ1v) is 8.77. The van der Waals surface area contributed by atoms with Crippen LogP contribution in [0.4, 0.5) is 5.69 Å². The number of rotatable bonds is 3. The van der Waals surface area contributed by atoms with Crippen LogP contribution in [0.25, 0.3) is 0 Å². The van der Waals surface area contributed by atoms with E-state index in [0.717, 1.165) is 0 Å². The van der Waals surface area contributed by atoms with E-state index in [1.165, 1.54) is 30.3 Å². The number of phenolic OH excluding ortho intramolecular Hbond substituents is 1. The molecule has 4 nitrogen and oxygen atoms in total. The molecule has 112 valence electrons. The number of nitrogens with one attached hydrogen (secondary N) is 1. The Hall–Kier alpha value is -0.660. The van der Waals surface area contributed by atoms with Gasteiger partial charge in [-0.2, -0.15) is 0 Å². The standard InChI is InChI=1S/C12H7BrCl3NO3S/c13-6-3-8(15)12(9(16)4-6)21(19,20)17-10-5-7(14)1-2-11(10)18/h1-5,17-18H. The van der Waals surface area contributed by atoms with E-state index in [4.69, 9.17) is 34.8 Å². The molecule has 0 radical (unpaired) electrons. The SMILES string of the molecule is O=S(=O)(Nc1cc(Cl)ccc1O)c1c(Cl)cc(Br)cc1Cl. The predicted octanol–water partition coefficient (Wildman–Crippen LogP) is 4.92. The molecule has 0 aliphatic heterocycles. The fourth-order valence-electron chi connectivity index (χ4n) is 1.57. The molecule has 0 aromatic heterocycles. The van der Waals surface area contributed by atoms with Crippen molar-refractivity contribution in [1.29, 1.82) is 0 Å². The number of halogens is 4. The Balaban J connectivity index is 2.51. The van der Waals surface area contributed by atoms with E-state index in [1.807, 2.05) is 0 Å². The highest BCUT2D eigenvalue weighted by atomic mass is 79.9. The van der Waals surface area contributed by atoms with Crippen molar-refractivity contribution in [3.05, 3.63) is 49.9 Å². The summed E-state index contributed by atoms with van der Waals surface area (Å²) in [4.78, 5) is -0.284. The normalized spacial score (nSPS) is 11.4. The maximum atomic E-state index is 12.4. The van der Waals surface area contributed by atoms with E-state index < -0.39 is 10.0 Å². The van der Waals surface area contributed by atoms with Gasteiger partial charge in [-0.1, -0.05) is 50.7 Å². The first-order valence-electron chi connectivity index (χ1n) is 5.36. The molecule has 9 heteroatoms. The molecule has 2 N–H and O–H groups in total. The molecule has 0 saturated heterocycles. The van der Waals surface area contributed by atoms with E-state index in [-0.39, 0.29) is 31.4 Å².